The van der Waals surface area contributed by atoms with Crippen molar-refractivity contribution in [2.45, 2.75) is 25.9 Å². The van der Waals surface area contributed by atoms with Gasteiger partial charge in [0.05, 0.1) is 11.1 Å². The van der Waals surface area contributed by atoms with E-state index in [1.807, 2.05) is 0 Å². The third kappa shape index (κ3) is 3.81. The van der Waals surface area contributed by atoms with Gasteiger partial charge < -0.3 is 4.90 Å². The Labute approximate surface area is 148 Å². The molecular formula is C19H19F3N2O2. The van der Waals surface area contributed by atoms with Crippen molar-refractivity contribution in [2.75, 3.05) is 13.1 Å². The fourth-order valence-electron chi connectivity index (χ4n) is 3.04. The molecule has 2 aromatic rings. The van der Waals surface area contributed by atoms with E-state index in [0.717, 1.165) is 29.5 Å². The SMILES string of the molecule is CC1CCN(C(=O)c2ccc(=O)n(-c3cccc(C(F)(F)F)c3)c2)CC1. The summed E-state index contributed by atoms with van der Waals surface area (Å²) in [5.41, 5.74) is -0.972. The van der Waals surface area contributed by atoms with Crippen LogP contribution in [0, 0.1) is 5.92 Å². The molecule has 0 atom stereocenters. The van der Waals surface area contributed by atoms with Gasteiger partial charge in [-0.05, 0) is 43.0 Å². The smallest absolute Gasteiger partial charge is 0.339 e. The number of nitrogens with zero attached hydrogens (tertiary/aromatic N) is 2. The van der Waals surface area contributed by atoms with Gasteiger partial charge in [-0.15, -0.1) is 0 Å². The number of carbonyl (C=O) groups excluding carboxylic acids is 1. The number of hydrogen-bond donors (Lipinski definition) is 0. The van der Waals surface area contributed by atoms with Crippen molar-refractivity contribution in [3.05, 3.63) is 64.1 Å². The molecule has 0 spiro atoms. The highest BCUT2D eigenvalue weighted by molar-refractivity contribution is 5.94. The quantitative estimate of drug-likeness (QED) is 0.815. The van der Waals surface area contributed by atoms with Crippen molar-refractivity contribution in [3.63, 3.8) is 0 Å². The van der Waals surface area contributed by atoms with Gasteiger partial charge in [-0.1, -0.05) is 13.0 Å². The van der Waals surface area contributed by atoms with Gasteiger partial charge in [-0.3, -0.25) is 14.2 Å². The first kappa shape index (κ1) is 18.2. The van der Waals surface area contributed by atoms with E-state index in [0.29, 0.717) is 19.0 Å². The van der Waals surface area contributed by atoms with Crippen LogP contribution in [-0.2, 0) is 6.18 Å². The first-order valence-corrected chi connectivity index (χ1v) is 8.45. The van der Waals surface area contributed by atoms with E-state index in [4.69, 9.17) is 0 Å². The normalized spacial score (nSPS) is 15.9. The molecule has 0 aliphatic carbocycles. The first-order valence-electron chi connectivity index (χ1n) is 8.45. The Bertz CT molecular complexity index is 866. The van der Waals surface area contributed by atoms with Gasteiger partial charge in [0.15, 0.2) is 0 Å². The Morgan fingerprint density at radius 3 is 2.46 bits per heavy atom. The average Bonchev–Trinajstić information content (AvgIpc) is 2.61. The van der Waals surface area contributed by atoms with E-state index >= 15 is 0 Å². The van der Waals surface area contributed by atoms with Crippen LogP contribution in [-0.4, -0.2) is 28.5 Å². The molecule has 0 unspecified atom stereocenters. The molecular weight excluding hydrogens is 345 g/mol. The number of alkyl halides is 3. The van der Waals surface area contributed by atoms with E-state index in [1.54, 1.807) is 4.90 Å². The Morgan fingerprint density at radius 1 is 1.12 bits per heavy atom. The number of pyridine rings is 1. The number of piperidine rings is 1. The zero-order valence-corrected chi connectivity index (χ0v) is 14.3. The van der Waals surface area contributed by atoms with Crippen molar-refractivity contribution in [2.24, 2.45) is 5.92 Å². The number of aromatic nitrogens is 1. The van der Waals surface area contributed by atoms with Gasteiger partial charge in [0, 0.05) is 31.0 Å². The number of benzene rings is 1. The van der Waals surface area contributed by atoms with Crippen LogP contribution in [0.15, 0.2) is 47.4 Å². The molecule has 0 bridgehead atoms. The minimum atomic E-state index is -4.50. The summed E-state index contributed by atoms with van der Waals surface area (Å²) in [5.74, 6) is 0.357. The highest BCUT2D eigenvalue weighted by atomic mass is 19.4. The summed E-state index contributed by atoms with van der Waals surface area (Å²) in [5, 5.41) is 0. The summed E-state index contributed by atoms with van der Waals surface area (Å²) in [7, 11) is 0. The standard InChI is InChI=1S/C19H19F3N2O2/c1-13-7-9-23(10-8-13)18(26)14-5-6-17(25)24(12-14)16-4-2-3-15(11-16)19(20,21)22/h2-6,11-13H,7-10H2,1H3. The molecule has 1 saturated heterocycles. The number of hydrogen-bond acceptors (Lipinski definition) is 2. The van der Waals surface area contributed by atoms with Gasteiger partial charge in [-0.25, -0.2) is 0 Å². The van der Waals surface area contributed by atoms with E-state index in [-0.39, 0.29) is 17.2 Å². The molecule has 0 N–H and O–H groups in total. The predicted octanol–water partition coefficient (Wildman–Crippen LogP) is 3.73. The molecule has 1 aromatic carbocycles. The average molecular weight is 364 g/mol. The summed E-state index contributed by atoms with van der Waals surface area (Å²) in [6, 6.07) is 7.13. The van der Waals surface area contributed by atoms with E-state index in [9.17, 15) is 22.8 Å². The highest BCUT2D eigenvalue weighted by Crippen LogP contribution is 2.30. The lowest BCUT2D eigenvalue weighted by molar-refractivity contribution is -0.137. The number of carbonyl (C=O) groups is 1. The van der Waals surface area contributed by atoms with Gasteiger partial charge >= 0.3 is 6.18 Å². The number of amides is 1. The van der Waals surface area contributed by atoms with Crippen molar-refractivity contribution in [1.82, 2.24) is 9.47 Å². The zero-order valence-electron chi connectivity index (χ0n) is 14.3. The minimum Gasteiger partial charge on any atom is -0.339 e. The lowest BCUT2D eigenvalue weighted by Crippen LogP contribution is -2.38. The molecule has 1 fully saturated rings. The Hall–Kier alpha value is -2.57. The van der Waals surface area contributed by atoms with Crippen molar-refractivity contribution in [3.8, 4) is 5.69 Å². The molecule has 0 saturated carbocycles. The molecule has 2 heterocycles. The lowest BCUT2D eigenvalue weighted by Gasteiger charge is -2.30. The van der Waals surface area contributed by atoms with E-state index in [1.165, 1.54) is 30.5 Å². The fraction of sp³-hybridized carbons (Fsp3) is 0.368. The molecule has 3 rings (SSSR count). The van der Waals surface area contributed by atoms with Gasteiger partial charge in [0.1, 0.15) is 0 Å². The van der Waals surface area contributed by atoms with Crippen LogP contribution in [0.3, 0.4) is 0 Å². The van der Waals surface area contributed by atoms with Crippen LogP contribution in [0.5, 0.6) is 0 Å². The number of likely N-dealkylation sites (tertiary alicyclic amines) is 1. The second-order valence-electron chi connectivity index (χ2n) is 6.65. The lowest BCUT2D eigenvalue weighted by atomic mass is 9.99. The van der Waals surface area contributed by atoms with Crippen molar-refractivity contribution in [1.29, 1.82) is 0 Å². The molecule has 1 aliphatic rings. The summed E-state index contributed by atoms with van der Waals surface area (Å²) in [6.45, 7) is 3.42. The highest BCUT2D eigenvalue weighted by Gasteiger charge is 2.30. The van der Waals surface area contributed by atoms with E-state index in [2.05, 4.69) is 6.92 Å². The minimum absolute atomic E-state index is 0.0757. The maximum Gasteiger partial charge on any atom is 0.416 e. The van der Waals surface area contributed by atoms with Crippen LogP contribution in [0.25, 0.3) is 5.69 Å². The molecule has 1 amide bonds. The molecule has 7 heteroatoms. The van der Waals surface area contributed by atoms with Crippen molar-refractivity contribution >= 4 is 5.91 Å². The molecule has 26 heavy (non-hydrogen) atoms. The number of halogens is 3. The van der Waals surface area contributed by atoms with Crippen LogP contribution < -0.4 is 5.56 Å². The zero-order chi connectivity index (χ0) is 18.9. The summed E-state index contributed by atoms with van der Waals surface area (Å²) < 4.78 is 39.8. The second-order valence-corrected chi connectivity index (χ2v) is 6.65. The topological polar surface area (TPSA) is 42.3 Å². The maximum absolute atomic E-state index is 12.9. The van der Waals surface area contributed by atoms with Crippen LogP contribution in [0.2, 0.25) is 0 Å². The molecule has 4 nitrogen and oxygen atoms in total. The summed E-state index contributed by atoms with van der Waals surface area (Å²) >= 11 is 0. The third-order valence-electron chi connectivity index (χ3n) is 4.68. The first-order chi connectivity index (χ1) is 12.3. The summed E-state index contributed by atoms with van der Waals surface area (Å²) in [6.07, 6.45) is -1.35. The van der Waals surface area contributed by atoms with Gasteiger partial charge in [0.25, 0.3) is 11.5 Å². The third-order valence-corrected chi connectivity index (χ3v) is 4.68. The van der Waals surface area contributed by atoms with Crippen LogP contribution in [0.4, 0.5) is 13.2 Å². The van der Waals surface area contributed by atoms with E-state index < -0.39 is 17.3 Å². The van der Waals surface area contributed by atoms with Gasteiger partial charge in [-0.2, -0.15) is 13.2 Å². The molecule has 138 valence electrons. The molecule has 1 aliphatic heterocycles. The van der Waals surface area contributed by atoms with Crippen LogP contribution in [0.1, 0.15) is 35.7 Å². The largest absolute Gasteiger partial charge is 0.416 e. The summed E-state index contributed by atoms with van der Waals surface area (Å²) in [4.78, 5) is 26.5. The molecule has 1 aromatic heterocycles. The van der Waals surface area contributed by atoms with Gasteiger partial charge in [0.2, 0.25) is 0 Å². The Kier molecular flexibility index (Phi) is 4.89. The van der Waals surface area contributed by atoms with Crippen LogP contribution >= 0.6 is 0 Å². The molecule has 0 radical (unpaired) electrons. The monoisotopic (exact) mass is 364 g/mol. The predicted molar refractivity (Wildman–Crippen MR) is 91.3 cm³/mol. The fourth-order valence-corrected chi connectivity index (χ4v) is 3.04. The Morgan fingerprint density at radius 2 is 1.81 bits per heavy atom. The number of rotatable bonds is 2. The maximum atomic E-state index is 12.9. The second kappa shape index (κ2) is 6.97. The Balaban J connectivity index is 1.94. The van der Waals surface area contributed by atoms with Crippen molar-refractivity contribution < 1.29 is 18.0 Å².